The first kappa shape index (κ1) is 17.4. The number of halogens is 1. The number of thiocarbonyl (C=S) groups is 1. The Morgan fingerprint density at radius 3 is 2.60 bits per heavy atom. The van der Waals surface area contributed by atoms with Crippen molar-refractivity contribution in [2.24, 2.45) is 0 Å². The van der Waals surface area contributed by atoms with Crippen LogP contribution in [0.5, 0.6) is 11.5 Å². The zero-order valence-electron chi connectivity index (χ0n) is 13.5. The third kappa shape index (κ3) is 3.38. The van der Waals surface area contributed by atoms with Gasteiger partial charge in [-0.2, -0.15) is 0 Å². The number of thioether (sulfide) groups is 1. The number of hydrogen-bond acceptors (Lipinski definition) is 5. The van der Waals surface area contributed by atoms with Crippen LogP contribution in [0.25, 0.3) is 6.08 Å². The minimum atomic E-state index is -0.426. The number of para-hydroxylation sites is 1. The standard InChI is InChI=1S/C18H14FNO3S2/c1-22-14-8-3-5-11(16(14)23-2)9-15-17(21)20(18(24)25-15)13-7-4-6-12(19)10-13/h3-10H,1-2H3/b15-9+. The van der Waals surface area contributed by atoms with Crippen molar-refractivity contribution >= 4 is 46.0 Å². The van der Waals surface area contributed by atoms with E-state index in [2.05, 4.69) is 0 Å². The zero-order chi connectivity index (χ0) is 18.0. The summed E-state index contributed by atoms with van der Waals surface area (Å²) >= 11 is 6.45. The number of ether oxygens (including phenoxy) is 2. The predicted molar refractivity (Wildman–Crippen MR) is 102 cm³/mol. The van der Waals surface area contributed by atoms with Gasteiger partial charge in [-0.15, -0.1) is 0 Å². The molecule has 0 spiro atoms. The highest BCUT2D eigenvalue weighted by molar-refractivity contribution is 8.27. The molecular weight excluding hydrogens is 361 g/mol. The first-order valence-electron chi connectivity index (χ1n) is 7.29. The SMILES string of the molecule is COc1cccc(/C=C2/SC(=S)N(c3cccc(F)c3)C2=O)c1OC. The predicted octanol–water partition coefficient (Wildman–Crippen LogP) is 4.25. The Morgan fingerprint density at radius 1 is 1.16 bits per heavy atom. The van der Waals surface area contributed by atoms with E-state index in [1.807, 2.05) is 6.07 Å². The second-order valence-corrected chi connectivity index (χ2v) is 6.76. The molecule has 0 aliphatic carbocycles. The van der Waals surface area contributed by atoms with Gasteiger partial charge < -0.3 is 9.47 Å². The van der Waals surface area contributed by atoms with Crippen LogP contribution in [0.2, 0.25) is 0 Å². The van der Waals surface area contributed by atoms with Crippen LogP contribution >= 0.6 is 24.0 Å². The lowest BCUT2D eigenvalue weighted by molar-refractivity contribution is -0.113. The molecule has 1 amide bonds. The number of rotatable bonds is 4. The summed E-state index contributed by atoms with van der Waals surface area (Å²) in [5, 5.41) is 0. The Hall–Kier alpha value is -2.38. The Kier molecular flexibility index (Phi) is 5.06. The molecule has 2 aromatic carbocycles. The number of benzene rings is 2. The molecule has 1 aliphatic rings. The van der Waals surface area contributed by atoms with Crippen molar-refractivity contribution in [3.8, 4) is 11.5 Å². The maximum absolute atomic E-state index is 13.5. The molecule has 0 radical (unpaired) electrons. The topological polar surface area (TPSA) is 38.8 Å². The van der Waals surface area contributed by atoms with Gasteiger partial charge >= 0.3 is 0 Å². The third-order valence-corrected chi connectivity index (χ3v) is 4.88. The number of hydrogen-bond donors (Lipinski definition) is 0. The Labute approximate surface area is 154 Å². The van der Waals surface area contributed by atoms with E-state index in [0.29, 0.717) is 32.0 Å². The van der Waals surface area contributed by atoms with Gasteiger partial charge in [-0.1, -0.05) is 42.2 Å². The van der Waals surface area contributed by atoms with E-state index in [1.165, 1.54) is 30.2 Å². The molecule has 1 aliphatic heterocycles. The molecule has 0 bridgehead atoms. The highest BCUT2D eigenvalue weighted by atomic mass is 32.2. The summed E-state index contributed by atoms with van der Waals surface area (Å²) in [7, 11) is 3.08. The van der Waals surface area contributed by atoms with E-state index in [4.69, 9.17) is 21.7 Å². The second-order valence-electron chi connectivity index (χ2n) is 5.08. The van der Waals surface area contributed by atoms with Crippen LogP contribution in [0.3, 0.4) is 0 Å². The monoisotopic (exact) mass is 375 g/mol. The maximum Gasteiger partial charge on any atom is 0.270 e. The van der Waals surface area contributed by atoms with Gasteiger partial charge in [-0.05, 0) is 30.3 Å². The molecule has 25 heavy (non-hydrogen) atoms. The normalized spacial score (nSPS) is 15.8. The summed E-state index contributed by atoms with van der Waals surface area (Å²) in [6, 6.07) is 11.2. The Morgan fingerprint density at radius 2 is 1.92 bits per heavy atom. The van der Waals surface area contributed by atoms with E-state index < -0.39 is 5.82 Å². The molecule has 1 heterocycles. The highest BCUT2D eigenvalue weighted by Crippen LogP contribution is 2.39. The van der Waals surface area contributed by atoms with Crippen molar-refractivity contribution in [1.82, 2.24) is 0 Å². The van der Waals surface area contributed by atoms with Crippen molar-refractivity contribution in [2.75, 3.05) is 19.1 Å². The molecule has 2 aromatic rings. The molecule has 128 valence electrons. The van der Waals surface area contributed by atoms with Gasteiger partial charge in [0.2, 0.25) is 0 Å². The van der Waals surface area contributed by atoms with Gasteiger partial charge in [0.05, 0.1) is 24.8 Å². The summed E-state index contributed by atoms with van der Waals surface area (Å²) < 4.78 is 24.5. The van der Waals surface area contributed by atoms with Crippen molar-refractivity contribution in [1.29, 1.82) is 0 Å². The van der Waals surface area contributed by atoms with E-state index in [1.54, 1.807) is 31.4 Å². The van der Waals surface area contributed by atoms with Crippen LogP contribution < -0.4 is 14.4 Å². The van der Waals surface area contributed by atoms with Gasteiger partial charge in [0, 0.05) is 5.56 Å². The van der Waals surface area contributed by atoms with Gasteiger partial charge in [-0.3, -0.25) is 9.69 Å². The lowest BCUT2D eigenvalue weighted by Gasteiger charge is -2.14. The summed E-state index contributed by atoms with van der Waals surface area (Å²) in [5.41, 5.74) is 1.10. The quantitative estimate of drug-likeness (QED) is 0.590. The first-order valence-corrected chi connectivity index (χ1v) is 8.52. The van der Waals surface area contributed by atoms with Gasteiger partial charge in [0.25, 0.3) is 5.91 Å². The highest BCUT2D eigenvalue weighted by Gasteiger charge is 2.33. The molecule has 7 heteroatoms. The van der Waals surface area contributed by atoms with Crippen LogP contribution in [-0.2, 0) is 4.79 Å². The number of carbonyl (C=O) groups is 1. The van der Waals surface area contributed by atoms with Crippen molar-refractivity contribution in [3.63, 3.8) is 0 Å². The van der Waals surface area contributed by atoms with Crippen molar-refractivity contribution in [3.05, 3.63) is 58.8 Å². The van der Waals surface area contributed by atoms with Crippen LogP contribution in [0.15, 0.2) is 47.4 Å². The average molecular weight is 375 g/mol. The number of amides is 1. The molecule has 1 fully saturated rings. The minimum Gasteiger partial charge on any atom is -0.493 e. The molecule has 0 N–H and O–H groups in total. The van der Waals surface area contributed by atoms with Crippen molar-refractivity contribution < 1.29 is 18.7 Å². The number of methoxy groups -OCH3 is 2. The molecule has 0 unspecified atom stereocenters. The number of nitrogens with zero attached hydrogens (tertiary/aromatic N) is 1. The molecule has 0 saturated carbocycles. The molecule has 0 atom stereocenters. The summed E-state index contributed by atoms with van der Waals surface area (Å²) in [6.07, 6.45) is 1.69. The molecule has 0 aromatic heterocycles. The molecule has 4 nitrogen and oxygen atoms in total. The smallest absolute Gasteiger partial charge is 0.270 e. The molecular formula is C18H14FNO3S2. The third-order valence-electron chi connectivity index (χ3n) is 3.58. The van der Waals surface area contributed by atoms with Crippen LogP contribution in [-0.4, -0.2) is 24.4 Å². The fourth-order valence-corrected chi connectivity index (χ4v) is 3.76. The molecule has 1 saturated heterocycles. The van der Waals surface area contributed by atoms with E-state index in [0.717, 1.165) is 11.8 Å². The van der Waals surface area contributed by atoms with E-state index in [9.17, 15) is 9.18 Å². The zero-order valence-corrected chi connectivity index (χ0v) is 15.1. The average Bonchev–Trinajstić information content (AvgIpc) is 2.88. The number of anilines is 1. The maximum atomic E-state index is 13.5. The second kappa shape index (κ2) is 7.25. The van der Waals surface area contributed by atoms with Gasteiger partial charge in [-0.25, -0.2) is 4.39 Å². The number of carbonyl (C=O) groups excluding carboxylic acids is 1. The van der Waals surface area contributed by atoms with E-state index >= 15 is 0 Å². The van der Waals surface area contributed by atoms with Crippen molar-refractivity contribution in [2.45, 2.75) is 0 Å². The Balaban J connectivity index is 1.99. The summed E-state index contributed by atoms with van der Waals surface area (Å²) in [6.45, 7) is 0. The first-order chi connectivity index (χ1) is 12.0. The fourth-order valence-electron chi connectivity index (χ4n) is 2.47. The Bertz CT molecular complexity index is 882. The lowest BCUT2D eigenvalue weighted by atomic mass is 10.1. The van der Waals surface area contributed by atoms with Crippen LogP contribution in [0, 0.1) is 5.82 Å². The summed E-state index contributed by atoms with van der Waals surface area (Å²) in [4.78, 5) is 14.5. The van der Waals surface area contributed by atoms with Gasteiger partial charge in [0.15, 0.2) is 15.8 Å². The summed E-state index contributed by atoms with van der Waals surface area (Å²) in [5.74, 6) is 0.369. The van der Waals surface area contributed by atoms with Crippen LogP contribution in [0.1, 0.15) is 5.56 Å². The van der Waals surface area contributed by atoms with Crippen LogP contribution in [0.4, 0.5) is 10.1 Å². The van der Waals surface area contributed by atoms with E-state index in [-0.39, 0.29) is 5.91 Å². The lowest BCUT2D eigenvalue weighted by Crippen LogP contribution is -2.27. The molecule has 3 rings (SSSR count). The minimum absolute atomic E-state index is 0.300. The largest absolute Gasteiger partial charge is 0.493 e. The van der Waals surface area contributed by atoms with Gasteiger partial charge in [0.1, 0.15) is 5.82 Å². The fraction of sp³-hybridized carbons (Fsp3) is 0.111.